The van der Waals surface area contributed by atoms with Gasteiger partial charge in [-0.2, -0.15) is 0 Å². The average Bonchev–Trinajstić information content (AvgIpc) is 2.83. The summed E-state index contributed by atoms with van der Waals surface area (Å²) in [7, 11) is 0. The van der Waals surface area contributed by atoms with Crippen LogP contribution >= 0.6 is 0 Å². The van der Waals surface area contributed by atoms with Crippen molar-refractivity contribution in [1.82, 2.24) is 0 Å². The highest BCUT2D eigenvalue weighted by Gasteiger charge is 2.24. The van der Waals surface area contributed by atoms with Gasteiger partial charge in [-0.25, -0.2) is 18.6 Å². The molecule has 1 heterocycles. The zero-order valence-electron chi connectivity index (χ0n) is 11.6. The van der Waals surface area contributed by atoms with Crippen molar-refractivity contribution in [3.63, 3.8) is 0 Å². The van der Waals surface area contributed by atoms with E-state index in [1.165, 1.54) is 12.1 Å². The topological polar surface area (TPSA) is 38.7 Å². The first-order chi connectivity index (χ1) is 10.5. The highest BCUT2D eigenvalue weighted by atomic mass is 19.1. The molecule has 110 valence electrons. The molecule has 3 nitrogen and oxygen atoms in total. The van der Waals surface area contributed by atoms with Crippen LogP contribution in [0.3, 0.4) is 0 Å². The van der Waals surface area contributed by atoms with Gasteiger partial charge in [-0.15, -0.1) is 0 Å². The number of aliphatic imine (C=N–C) groups is 1. The van der Waals surface area contributed by atoms with E-state index in [-0.39, 0.29) is 17.2 Å². The van der Waals surface area contributed by atoms with Crippen LogP contribution in [0.25, 0.3) is 6.08 Å². The summed E-state index contributed by atoms with van der Waals surface area (Å²) in [4.78, 5) is 15.9. The summed E-state index contributed by atoms with van der Waals surface area (Å²) < 4.78 is 31.6. The minimum absolute atomic E-state index is 0.0259. The van der Waals surface area contributed by atoms with Gasteiger partial charge in [0.1, 0.15) is 11.6 Å². The molecular formula is C17H11F2NO2. The molecule has 0 aromatic heterocycles. The fraction of sp³-hybridized carbons (Fsp3) is 0.0588. The third-order valence-corrected chi connectivity index (χ3v) is 3.14. The third kappa shape index (κ3) is 2.79. The van der Waals surface area contributed by atoms with Gasteiger partial charge in [0.05, 0.1) is 0 Å². The van der Waals surface area contributed by atoms with Gasteiger partial charge < -0.3 is 4.74 Å². The van der Waals surface area contributed by atoms with Crippen molar-refractivity contribution < 1.29 is 18.3 Å². The number of cyclic esters (lactones) is 1. The van der Waals surface area contributed by atoms with Crippen molar-refractivity contribution in [2.24, 2.45) is 4.99 Å². The predicted octanol–water partition coefficient (Wildman–Crippen LogP) is 3.62. The number of carbonyl (C=O) groups excluding carboxylic acids is 1. The highest BCUT2D eigenvalue weighted by molar-refractivity contribution is 6.12. The number of aryl methyl sites for hydroxylation is 1. The van der Waals surface area contributed by atoms with Gasteiger partial charge in [-0.1, -0.05) is 17.7 Å². The van der Waals surface area contributed by atoms with E-state index in [2.05, 4.69) is 4.99 Å². The number of rotatable bonds is 2. The van der Waals surface area contributed by atoms with Gasteiger partial charge in [0, 0.05) is 17.2 Å². The van der Waals surface area contributed by atoms with Crippen LogP contribution in [0, 0.1) is 18.6 Å². The number of esters is 1. The second-order valence-corrected chi connectivity index (χ2v) is 4.87. The van der Waals surface area contributed by atoms with Gasteiger partial charge >= 0.3 is 5.97 Å². The van der Waals surface area contributed by atoms with E-state index in [0.717, 1.165) is 17.7 Å². The Labute approximate surface area is 125 Å². The first kappa shape index (κ1) is 14.1. The predicted molar refractivity (Wildman–Crippen MR) is 78.1 cm³/mol. The zero-order chi connectivity index (χ0) is 15.7. The lowest BCUT2D eigenvalue weighted by atomic mass is 10.1. The lowest BCUT2D eigenvalue weighted by Crippen LogP contribution is -2.05. The highest BCUT2D eigenvalue weighted by Crippen LogP contribution is 2.21. The van der Waals surface area contributed by atoms with E-state index in [1.807, 2.05) is 25.1 Å². The van der Waals surface area contributed by atoms with Crippen LogP contribution in [0.1, 0.15) is 16.7 Å². The minimum Gasteiger partial charge on any atom is -0.402 e. The van der Waals surface area contributed by atoms with Crippen molar-refractivity contribution in [2.75, 3.05) is 0 Å². The maximum atomic E-state index is 13.6. The number of hydrogen-bond acceptors (Lipinski definition) is 3. The summed E-state index contributed by atoms with van der Waals surface area (Å²) in [5.41, 5.74) is 1.71. The molecular weight excluding hydrogens is 288 g/mol. The maximum Gasteiger partial charge on any atom is 0.363 e. The van der Waals surface area contributed by atoms with Crippen molar-refractivity contribution in [3.05, 3.63) is 76.5 Å². The van der Waals surface area contributed by atoms with E-state index in [9.17, 15) is 13.6 Å². The first-order valence-corrected chi connectivity index (χ1v) is 6.57. The smallest absolute Gasteiger partial charge is 0.363 e. The van der Waals surface area contributed by atoms with Crippen molar-refractivity contribution in [1.29, 1.82) is 0 Å². The summed E-state index contributed by atoms with van der Waals surface area (Å²) in [5, 5.41) is 0. The first-order valence-electron chi connectivity index (χ1n) is 6.57. The monoisotopic (exact) mass is 299 g/mol. The molecule has 22 heavy (non-hydrogen) atoms. The van der Waals surface area contributed by atoms with Crippen molar-refractivity contribution >= 4 is 17.9 Å². The SMILES string of the molecule is Cc1cccc(C2=N/C(=C\c3ccc(F)cc3F)C(=O)O2)c1. The van der Waals surface area contributed by atoms with E-state index in [1.54, 1.807) is 6.07 Å². The van der Waals surface area contributed by atoms with E-state index >= 15 is 0 Å². The second kappa shape index (κ2) is 5.52. The lowest BCUT2D eigenvalue weighted by molar-refractivity contribution is -0.129. The molecule has 0 saturated carbocycles. The van der Waals surface area contributed by atoms with Crippen LogP contribution in [0.15, 0.2) is 53.2 Å². The molecule has 2 aromatic rings. The quantitative estimate of drug-likeness (QED) is 0.627. The molecule has 0 amide bonds. The average molecular weight is 299 g/mol. The Hall–Kier alpha value is -2.82. The largest absolute Gasteiger partial charge is 0.402 e. The number of halogens is 2. The molecule has 0 radical (unpaired) electrons. The fourth-order valence-corrected chi connectivity index (χ4v) is 2.08. The van der Waals surface area contributed by atoms with Gasteiger partial charge in [-0.3, -0.25) is 0 Å². The van der Waals surface area contributed by atoms with Gasteiger partial charge in [0.2, 0.25) is 5.90 Å². The molecule has 0 unspecified atom stereocenters. The molecule has 5 heteroatoms. The summed E-state index contributed by atoms with van der Waals surface area (Å²) >= 11 is 0. The van der Waals surface area contributed by atoms with Crippen LogP contribution in [0.5, 0.6) is 0 Å². The molecule has 0 spiro atoms. The Morgan fingerprint density at radius 2 is 1.95 bits per heavy atom. The van der Waals surface area contributed by atoms with Crippen LogP contribution in [-0.2, 0) is 9.53 Å². The molecule has 2 aromatic carbocycles. The number of benzene rings is 2. The molecule has 0 N–H and O–H groups in total. The third-order valence-electron chi connectivity index (χ3n) is 3.14. The molecule has 0 atom stereocenters. The number of nitrogens with zero attached hydrogens (tertiary/aromatic N) is 1. The van der Waals surface area contributed by atoms with Crippen molar-refractivity contribution in [2.45, 2.75) is 6.92 Å². The maximum absolute atomic E-state index is 13.6. The van der Waals surface area contributed by atoms with Crippen LogP contribution in [0.4, 0.5) is 8.78 Å². The van der Waals surface area contributed by atoms with E-state index < -0.39 is 17.6 Å². The van der Waals surface area contributed by atoms with Crippen molar-refractivity contribution in [3.8, 4) is 0 Å². The summed E-state index contributed by atoms with van der Waals surface area (Å²) in [6.45, 7) is 1.91. The van der Waals surface area contributed by atoms with Gasteiger partial charge in [-0.05, 0) is 37.3 Å². The zero-order valence-corrected chi connectivity index (χ0v) is 11.6. The summed E-state index contributed by atoms with van der Waals surface area (Å²) in [6, 6.07) is 10.4. The van der Waals surface area contributed by atoms with Crippen LogP contribution in [-0.4, -0.2) is 11.9 Å². The fourth-order valence-electron chi connectivity index (χ4n) is 2.08. The number of carbonyl (C=O) groups is 1. The normalized spacial score (nSPS) is 15.9. The summed E-state index contributed by atoms with van der Waals surface area (Å²) in [5.74, 6) is -1.94. The second-order valence-electron chi connectivity index (χ2n) is 4.87. The Bertz CT molecular complexity index is 825. The molecule has 0 fully saturated rings. The number of ether oxygens (including phenoxy) is 1. The van der Waals surface area contributed by atoms with Gasteiger partial charge in [0.15, 0.2) is 5.70 Å². The Kier molecular flexibility index (Phi) is 3.55. The van der Waals surface area contributed by atoms with Crippen LogP contribution < -0.4 is 0 Å². The minimum atomic E-state index is -0.764. The standard InChI is InChI=1S/C17H11F2NO2/c1-10-3-2-4-12(7-10)16-20-15(17(21)22-16)8-11-5-6-13(18)9-14(11)19/h2-9H,1H3/b15-8-. The molecule has 0 bridgehead atoms. The molecule has 3 rings (SSSR count). The Balaban J connectivity index is 1.97. The molecule has 1 aliphatic rings. The lowest BCUT2D eigenvalue weighted by Gasteiger charge is -1.99. The molecule has 0 saturated heterocycles. The molecule has 1 aliphatic heterocycles. The van der Waals surface area contributed by atoms with E-state index in [0.29, 0.717) is 5.56 Å². The van der Waals surface area contributed by atoms with E-state index in [4.69, 9.17) is 4.74 Å². The Morgan fingerprint density at radius 1 is 1.14 bits per heavy atom. The van der Waals surface area contributed by atoms with Gasteiger partial charge in [0.25, 0.3) is 0 Å². The molecule has 0 aliphatic carbocycles. The summed E-state index contributed by atoms with van der Waals surface area (Å²) in [6.07, 6.45) is 1.24. The number of hydrogen-bond donors (Lipinski definition) is 0. The van der Waals surface area contributed by atoms with Crippen LogP contribution in [0.2, 0.25) is 0 Å². The Morgan fingerprint density at radius 3 is 2.68 bits per heavy atom.